The lowest BCUT2D eigenvalue weighted by Crippen LogP contribution is -2.56. The highest BCUT2D eigenvalue weighted by Gasteiger charge is 2.48. The summed E-state index contributed by atoms with van der Waals surface area (Å²) in [5, 5.41) is 0. The lowest BCUT2D eigenvalue weighted by atomic mass is 9.94. The molecule has 0 spiro atoms. The summed E-state index contributed by atoms with van der Waals surface area (Å²) in [5.41, 5.74) is 5.65. The van der Waals surface area contributed by atoms with Crippen molar-refractivity contribution in [3.63, 3.8) is 0 Å². The molecule has 3 aliphatic rings. The normalized spacial score (nSPS) is 31.1. The molecule has 0 radical (unpaired) electrons. The number of nitrogens with zero attached hydrogens (tertiary/aromatic N) is 1. The molecular formula is C14H24N2O2. The van der Waals surface area contributed by atoms with E-state index in [0.717, 1.165) is 51.9 Å². The van der Waals surface area contributed by atoms with E-state index in [4.69, 9.17) is 10.5 Å². The molecule has 3 fully saturated rings. The first-order chi connectivity index (χ1) is 8.59. The van der Waals surface area contributed by atoms with Gasteiger partial charge in [0.05, 0.1) is 12.1 Å². The molecule has 4 nitrogen and oxygen atoms in total. The molecule has 2 saturated carbocycles. The van der Waals surface area contributed by atoms with E-state index in [-0.39, 0.29) is 5.91 Å². The van der Waals surface area contributed by atoms with E-state index < -0.39 is 5.54 Å². The standard InChI is InChI=1S/C14H24N2O2/c1-14(15,11-2-3-11)13(17)16(12-4-5-12)8-10-6-7-18-9-10/h10-12H,2-9,15H2,1H3. The van der Waals surface area contributed by atoms with Crippen molar-refractivity contribution < 1.29 is 9.53 Å². The van der Waals surface area contributed by atoms with Gasteiger partial charge in [-0.15, -0.1) is 0 Å². The second-order valence-electron chi connectivity index (χ2n) is 6.48. The van der Waals surface area contributed by atoms with Crippen molar-refractivity contribution in [2.24, 2.45) is 17.6 Å². The maximum atomic E-state index is 12.7. The van der Waals surface area contributed by atoms with Crippen molar-refractivity contribution in [1.29, 1.82) is 0 Å². The molecule has 18 heavy (non-hydrogen) atoms. The summed E-state index contributed by atoms with van der Waals surface area (Å²) in [6.07, 6.45) is 5.62. The van der Waals surface area contributed by atoms with Gasteiger partial charge in [-0.05, 0) is 44.9 Å². The van der Waals surface area contributed by atoms with Crippen LogP contribution in [0.1, 0.15) is 39.0 Å². The van der Waals surface area contributed by atoms with E-state index >= 15 is 0 Å². The molecule has 2 unspecified atom stereocenters. The average molecular weight is 252 g/mol. The number of nitrogens with two attached hydrogens (primary N) is 1. The van der Waals surface area contributed by atoms with Gasteiger partial charge >= 0.3 is 0 Å². The molecular weight excluding hydrogens is 228 g/mol. The predicted octanol–water partition coefficient (Wildman–Crippen LogP) is 1.14. The van der Waals surface area contributed by atoms with Gasteiger partial charge in [0.2, 0.25) is 5.91 Å². The maximum Gasteiger partial charge on any atom is 0.242 e. The van der Waals surface area contributed by atoms with Crippen molar-refractivity contribution in [3.8, 4) is 0 Å². The smallest absolute Gasteiger partial charge is 0.242 e. The van der Waals surface area contributed by atoms with Crippen LogP contribution in [0.5, 0.6) is 0 Å². The van der Waals surface area contributed by atoms with Crippen LogP contribution < -0.4 is 5.73 Å². The molecule has 0 aromatic carbocycles. The van der Waals surface area contributed by atoms with Crippen LogP contribution in [0, 0.1) is 11.8 Å². The summed E-state index contributed by atoms with van der Waals surface area (Å²) in [4.78, 5) is 14.7. The number of hydrogen-bond donors (Lipinski definition) is 1. The van der Waals surface area contributed by atoms with Crippen LogP contribution in [0.3, 0.4) is 0 Å². The summed E-state index contributed by atoms with van der Waals surface area (Å²) in [6, 6.07) is 0.458. The molecule has 1 amide bonds. The van der Waals surface area contributed by atoms with Crippen LogP contribution in [-0.4, -0.2) is 42.1 Å². The highest BCUT2D eigenvalue weighted by Crippen LogP contribution is 2.41. The van der Waals surface area contributed by atoms with Crippen molar-refractivity contribution in [2.75, 3.05) is 19.8 Å². The maximum absolute atomic E-state index is 12.7. The van der Waals surface area contributed by atoms with Gasteiger partial charge in [0.25, 0.3) is 0 Å². The molecule has 1 saturated heterocycles. The zero-order valence-corrected chi connectivity index (χ0v) is 11.2. The minimum Gasteiger partial charge on any atom is -0.381 e. The number of hydrogen-bond acceptors (Lipinski definition) is 3. The molecule has 2 atom stereocenters. The first kappa shape index (κ1) is 12.4. The number of ether oxygens (including phenoxy) is 1. The van der Waals surface area contributed by atoms with Crippen LogP contribution in [0.15, 0.2) is 0 Å². The Balaban J connectivity index is 1.66. The topological polar surface area (TPSA) is 55.6 Å². The Labute approximate surface area is 109 Å². The number of amides is 1. The van der Waals surface area contributed by atoms with E-state index in [1.807, 2.05) is 6.92 Å². The molecule has 2 N–H and O–H groups in total. The molecule has 0 aromatic heterocycles. The lowest BCUT2D eigenvalue weighted by molar-refractivity contribution is -0.138. The van der Waals surface area contributed by atoms with Gasteiger partial charge in [0.1, 0.15) is 0 Å². The van der Waals surface area contributed by atoms with E-state index in [0.29, 0.717) is 17.9 Å². The van der Waals surface area contributed by atoms with Crippen LogP contribution in [0.2, 0.25) is 0 Å². The monoisotopic (exact) mass is 252 g/mol. The highest BCUT2D eigenvalue weighted by atomic mass is 16.5. The zero-order chi connectivity index (χ0) is 12.8. The molecule has 0 aromatic rings. The molecule has 1 heterocycles. The van der Waals surface area contributed by atoms with Gasteiger partial charge < -0.3 is 15.4 Å². The fraction of sp³-hybridized carbons (Fsp3) is 0.929. The van der Waals surface area contributed by atoms with Crippen LogP contribution >= 0.6 is 0 Å². The van der Waals surface area contributed by atoms with E-state index in [9.17, 15) is 4.79 Å². The van der Waals surface area contributed by atoms with Crippen LogP contribution in [0.4, 0.5) is 0 Å². The average Bonchev–Trinajstić information content (AvgIpc) is 3.24. The summed E-state index contributed by atoms with van der Waals surface area (Å²) in [5.74, 6) is 1.11. The fourth-order valence-electron chi connectivity index (χ4n) is 2.96. The Bertz CT molecular complexity index is 329. The summed E-state index contributed by atoms with van der Waals surface area (Å²) >= 11 is 0. The SMILES string of the molecule is CC(N)(C(=O)N(CC1CCOC1)C1CC1)C1CC1. The molecule has 4 heteroatoms. The summed E-state index contributed by atoms with van der Waals surface area (Å²) < 4.78 is 5.41. The number of carbonyl (C=O) groups is 1. The molecule has 1 aliphatic heterocycles. The first-order valence-electron chi connectivity index (χ1n) is 7.26. The second kappa shape index (κ2) is 4.49. The number of rotatable bonds is 5. The Morgan fingerprint density at radius 1 is 1.33 bits per heavy atom. The van der Waals surface area contributed by atoms with Crippen molar-refractivity contribution >= 4 is 5.91 Å². The van der Waals surface area contributed by atoms with E-state index in [1.54, 1.807) is 0 Å². The third kappa shape index (κ3) is 2.41. The van der Waals surface area contributed by atoms with Crippen molar-refractivity contribution in [2.45, 2.75) is 50.6 Å². The lowest BCUT2D eigenvalue weighted by Gasteiger charge is -2.33. The fourth-order valence-corrected chi connectivity index (χ4v) is 2.96. The summed E-state index contributed by atoms with van der Waals surface area (Å²) in [7, 11) is 0. The Hall–Kier alpha value is -0.610. The first-order valence-corrected chi connectivity index (χ1v) is 7.26. The largest absolute Gasteiger partial charge is 0.381 e. The van der Waals surface area contributed by atoms with Crippen molar-refractivity contribution in [3.05, 3.63) is 0 Å². The van der Waals surface area contributed by atoms with Gasteiger partial charge in [-0.2, -0.15) is 0 Å². The quantitative estimate of drug-likeness (QED) is 0.798. The molecule has 0 bridgehead atoms. The zero-order valence-electron chi connectivity index (χ0n) is 11.2. The Kier molecular flexibility index (Phi) is 3.10. The van der Waals surface area contributed by atoms with Gasteiger partial charge in [0, 0.05) is 25.1 Å². The molecule has 2 aliphatic carbocycles. The van der Waals surface area contributed by atoms with Gasteiger partial charge in [0.15, 0.2) is 0 Å². The number of carbonyl (C=O) groups excluding carboxylic acids is 1. The third-order valence-corrected chi connectivity index (χ3v) is 4.61. The Morgan fingerprint density at radius 2 is 2.06 bits per heavy atom. The minimum absolute atomic E-state index is 0.180. The minimum atomic E-state index is -0.637. The van der Waals surface area contributed by atoms with Crippen LogP contribution in [-0.2, 0) is 9.53 Å². The Morgan fingerprint density at radius 3 is 2.56 bits per heavy atom. The second-order valence-corrected chi connectivity index (χ2v) is 6.48. The van der Waals surface area contributed by atoms with Gasteiger partial charge in [-0.3, -0.25) is 4.79 Å². The predicted molar refractivity (Wildman–Crippen MR) is 69.0 cm³/mol. The molecule has 3 rings (SSSR count). The van der Waals surface area contributed by atoms with E-state index in [1.165, 1.54) is 0 Å². The van der Waals surface area contributed by atoms with Crippen molar-refractivity contribution in [1.82, 2.24) is 4.90 Å². The van der Waals surface area contributed by atoms with Gasteiger partial charge in [-0.25, -0.2) is 0 Å². The molecule has 102 valence electrons. The summed E-state index contributed by atoms with van der Waals surface area (Å²) in [6.45, 7) is 4.43. The highest BCUT2D eigenvalue weighted by molar-refractivity contribution is 5.87. The van der Waals surface area contributed by atoms with Crippen LogP contribution in [0.25, 0.3) is 0 Å². The van der Waals surface area contributed by atoms with E-state index in [2.05, 4.69) is 4.90 Å². The van der Waals surface area contributed by atoms with Gasteiger partial charge in [-0.1, -0.05) is 0 Å². The third-order valence-electron chi connectivity index (χ3n) is 4.61.